The van der Waals surface area contributed by atoms with Crippen LogP contribution in [0.2, 0.25) is 0 Å². The molecule has 2 aromatic rings. The van der Waals surface area contributed by atoms with Crippen LogP contribution < -0.4 is 4.90 Å². The van der Waals surface area contributed by atoms with E-state index in [-0.39, 0.29) is 28.7 Å². The van der Waals surface area contributed by atoms with E-state index in [1.165, 1.54) is 4.31 Å². The SMILES string of the molecule is CC(C)N(C)S(=O)(=O)c1ccc(N(C)C(=O)[C@@H]2C[C@H]2c2cnn(C)c2)cc1. The van der Waals surface area contributed by atoms with Crippen molar-refractivity contribution in [2.24, 2.45) is 13.0 Å². The largest absolute Gasteiger partial charge is 0.315 e. The molecule has 1 aromatic carbocycles. The smallest absolute Gasteiger partial charge is 0.243 e. The molecule has 0 bridgehead atoms. The highest BCUT2D eigenvalue weighted by Crippen LogP contribution is 2.48. The monoisotopic (exact) mass is 390 g/mol. The zero-order valence-corrected chi connectivity index (χ0v) is 17.1. The summed E-state index contributed by atoms with van der Waals surface area (Å²) in [5.41, 5.74) is 1.77. The van der Waals surface area contributed by atoms with Crippen LogP contribution in [0.4, 0.5) is 5.69 Å². The predicted molar refractivity (Wildman–Crippen MR) is 104 cm³/mol. The number of carbonyl (C=O) groups is 1. The van der Waals surface area contributed by atoms with E-state index in [1.54, 1.807) is 47.9 Å². The van der Waals surface area contributed by atoms with E-state index in [0.29, 0.717) is 5.69 Å². The van der Waals surface area contributed by atoms with Crippen molar-refractivity contribution in [3.63, 3.8) is 0 Å². The van der Waals surface area contributed by atoms with E-state index in [2.05, 4.69) is 5.10 Å². The van der Waals surface area contributed by atoms with Gasteiger partial charge in [-0.05, 0) is 56.0 Å². The minimum atomic E-state index is -3.53. The zero-order chi connectivity index (χ0) is 19.9. The van der Waals surface area contributed by atoms with E-state index >= 15 is 0 Å². The first-order valence-electron chi connectivity index (χ1n) is 8.97. The molecule has 1 fully saturated rings. The van der Waals surface area contributed by atoms with Gasteiger partial charge in [-0.25, -0.2) is 8.42 Å². The summed E-state index contributed by atoms with van der Waals surface area (Å²) in [7, 11) is 1.63. The van der Waals surface area contributed by atoms with Gasteiger partial charge in [0.1, 0.15) is 0 Å². The van der Waals surface area contributed by atoms with Crippen LogP contribution >= 0.6 is 0 Å². The lowest BCUT2D eigenvalue weighted by Crippen LogP contribution is -2.33. The molecule has 1 aliphatic carbocycles. The number of hydrogen-bond acceptors (Lipinski definition) is 4. The molecule has 1 amide bonds. The zero-order valence-electron chi connectivity index (χ0n) is 16.3. The molecule has 3 rings (SSSR count). The van der Waals surface area contributed by atoms with Gasteiger partial charge in [0.2, 0.25) is 15.9 Å². The van der Waals surface area contributed by atoms with Gasteiger partial charge in [0.25, 0.3) is 0 Å². The average Bonchev–Trinajstić information content (AvgIpc) is 3.33. The molecule has 1 aromatic heterocycles. The van der Waals surface area contributed by atoms with E-state index in [9.17, 15) is 13.2 Å². The van der Waals surface area contributed by atoms with Crippen molar-refractivity contribution in [1.82, 2.24) is 14.1 Å². The first kappa shape index (κ1) is 19.6. The molecule has 0 saturated heterocycles. The molecular weight excluding hydrogens is 364 g/mol. The maximum Gasteiger partial charge on any atom is 0.243 e. The number of aryl methyl sites for hydroxylation is 1. The van der Waals surface area contributed by atoms with Crippen molar-refractivity contribution in [3.05, 3.63) is 42.2 Å². The van der Waals surface area contributed by atoms with Crippen LogP contribution in [0.25, 0.3) is 0 Å². The van der Waals surface area contributed by atoms with Gasteiger partial charge in [-0.15, -0.1) is 0 Å². The van der Waals surface area contributed by atoms with Gasteiger partial charge in [0.05, 0.1) is 11.1 Å². The Hall–Kier alpha value is -2.19. The van der Waals surface area contributed by atoms with E-state index in [1.807, 2.05) is 33.3 Å². The Morgan fingerprint density at radius 2 is 1.85 bits per heavy atom. The maximum absolute atomic E-state index is 12.7. The van der Waals surface area contributed by atoms with Crippen molar-refractivity contribution in [1.29, 1.82) is 0 Å². The summed E-state index contributed by atoms with van der Waals surface area (Å²) in [4.78, 5) is 14.6. The third-order valence-corrected chi connectivity index (χ3v) is 7.27. The summed E-state index contributed by atoms with van der Waals surface area (Å²) in [6, 6.07) is 6.34. The second-order valence-corrected chi connectivity index (χ2v) is 9.40. The van der Waals surface area contributed by atoms with E-state index in [0.717, 1.165) is 12.0 Å². The summed E-state index contributed by atoms with van der Waals surface area (Å²) < 4.78 is 28.2. The summed E-state index contributed by atoms with van der Waals surface area (Å²) in [5.74, 6) is 0.210. The summed E-state index contributed by atoms with van der Waals surface area (Å²) in [6.07, 6.45) is 4.58. The summed E-state index contributed by atoms with van der Waals surface area (Å²) in [6.45, 7) is 3.65. The number of sulfonamides is 1. The number of carbonyl (C=O) groups excluding carboxylic acids is 1. The lowest BCUT2D eigenvalue weighted by Gasteiger charge is -2.22. The molecule has 0 unspecified atom stereocenters. The molecule has 1 heterocycles. The topological polar surface area (TPSA) is 75.5 Å². The van der Waals surface area contributed by atoms with Gasteiger partial charge in [0, 0.05) is 45.0 Å². The maximum atomic E-state index is 12.7. The molecule has 8 heteroatoms. The van der Waals surface area contributed by atoms with Crippen molar-refractivity contribution >= 4 is 21.6 Å². The molecular formula is C19H26N4O3S. The molecule has 7 nitrogen and oxygen atoms in total. The van der Waals surface area contributed by atoms with Gasteiger partial charge in [-0.1, -0.05) is 0 Å². The fourth-order valence-corrected chi connectivity index (χ4v) is 4.50. The highest BCUT2D eigenvalue weighted by Gasteiger charge is 2.46. The minimum absolute atomic E-state index is 0.0405. The standard InChI is InChI=1S/C19H26N4O3S/c1-13(2)23(5)27(25,26)16-8-6-15(7-9-16)22(4)19(24)18-10-17(18)14-11-20-21(3)12-14/h6-9,11-13,17-18H,10H2,1-5H3/t17-,18+/m0/s1. The molecule has 2 atom stereocenters. The number of benzene rings is 1. The van der Waals surface area contributed by atoms with Gasteiger partial charge < -0.3 is 4.90 Å². The van der Waals surface area contributed by atoms with Crippen molar-refractivity contribution in [2.45, 2.75) is 37.1 Å². The number of anilines is 1. The van der Waals surface area contributed by atoms with Gasteiger partial charge in [-0.3, -0.25) is 9.48 Å². The Kier molecular flexibility index (Phi) is 5.14. The molecule has 0 radical (unpaired) electrons. The first-order chi connectivity index (χ1) is 12.6. The highest BCUT2D eigenvalue weighted by molar-refractivity contribution is 7.89. The van der Waals surface area contributed by atoms with Crippen LogP contribution in [0.15, 0.2) is 41.6 Å². The Bertz CT molecular complexity index is 934. The minimum Gasteiger partial charge on any atom is -0.315 e. The third kappa shape index (κ3) is 3.77. The van der Waals surface area contributed by atoms with Crippen molar-refractivity contribution in [2.75, 3.05) is 19.0 Å². The number of rotatable bonds is 6. The lowest BCUT2D eigenvalue weighted by atomic mass is 10.2. The predicted octanol–water partition coefficient (Wildman–Crippen LogP) is 2.22. The number of aromatic nitrogens is 2. The Labute approximate surface area is 160 Å². The normalized spacial score (nSPS) is 19.5. The molecule has 1 aliphatic rings. The van der Waals surface area contributed by atoms with Gasteiger partial charge in [-0.2, -0.15) is 9.40 Å². The second kappa shape index (κ2) is 7.09. The quantitative estimate of drug-likeness (QED) is 0.758. The van der Waals surface area contributed by atoms with E-state index in [4.69, 9.17) is 0 Å². The fraction of sp³-hybridized carbons (Fsp3) is 0.474. The van der Waals surface area contributed by atoms with Crippen LogP contribution in [0.5, 0.6) is 0 Å². The lowest BCUT2D eigenvalue weighted by molar-refractivity contribution is -0.119. The summed E-state index contributed by atoms with van der Waals surface area (Å²) in [5, 5.41) is 4.16. The summed E-state index contributed by atoms with van der Waals surface area (Å²) >= 11 is 0. The Morgan fingerprint density at radius 1 is 1.22 bits per heavy atom. The number of amides is 1. The molecule has 0 N–H and O–H groups in total. The highest BCUT2D eigenvalue weighted by atomic mass is 32.2. The van der Waals surface area contributed by atoms with Crippen molar-refractivity contribution < 1.29 is 13.2 Å². The Balaban J connectivity index is 1.71. The van der Waals surface area contributed by atoms with Crippen LogP contribution in [0.3, 0.4) is 0 Å². The van der Waals surface area contributed by atoms with Crippen LogP contribution in [0, 0.1) is 5.92 Å². The molecule has 146 valence electrons. The first-order valence-corrected chi connectivity index (χ1v) is 10.4. The van der Waals surface area contributed by atoms with E-state index < -0.39 is 10.0 Å². The van der Waals surface area contributed by atoms with Gasteiger partial charge >= 0.3 is 0 Å². The van der Waals surface area contributed by atoms with Crippen LogP contribution in [-0.2, 0) is 21.9 Å². The fourth-order valence-electron chi connectivity index (χ4n) is 3.13. The molecule has 0 spiro atoms. The van der Waals surface area contributed by atoms with Crippen LogP contribution in [0.1, 0.15) is 31.7 Å². The number of hydrogen-bond donors (Lipinski definition) is 0. The van der Waals surface area contributed by atoms with Gasteiger partial charge in [0.15, 0.2) is 0 Å². The average molecular weight is 391 g/mol. The third-order valence-electron chi connectivity index (χ3n) is 5.22. The Morgan fingerprint density at radius 3 is 2.37 bits per heavy atom. The number of nitrogens with zero attached hydrogens (tertiary/aromatic N) is 4. The second-order valence-electron chi connectivity index (χ2n) is 7.40. The molecule has 0 aliphatic heterocycles. The van der Waals surface area contributed by atoms with Crippen LogP contribution in [-0.4, -0.2) is 48.5 Å². The molecule has 1 saturated carbocycles. The molecule has 27 heavy (non-hydrogen) atoms. The van der Waals surface area contributed by atoms with Crippen molar-refractivity contribution in [3.8, 4) is 0 Å².